The van der Waals surface area contributed by atoms with E-state index in [1.165, 1.54) is 6.07 Å². The van der Waals surface area contributed by atoms with Crippen molar-refractivity contribution in [1.29, 1.82) is 0 Å². The Labute approximate surface area is 93.1 Å². The number of aliphatic hydroxyl groups excluding tert-OH is 1. The van der Waals surface area contributed by atoms with Crippen LogP contribution in [-0.4, -0.2) is 35.9 Å². The Kier molecular flexibility index (Phi) is 2.69. The summed E-state index contributed by atoms with van der Waals surface area (Å²) in [6.07, 6.45) is 0. The van der Waals surface area contributed by atoms with Gasteiger partial charge in [0.2, 0.25) is 0 Å². The molecule has 2 rings (SSSR count). The zero-order valence-electron chi connectivity index (χ0n) is 8.77. The maximum atomic E-state index is 11.7. The monoisotopic (exact) mass is 240 g/mol. The highest BCUT2D eigenvalue weighted by Crippen LogP contribution is 2.18. The van der Waals surface area contributed by atoms with E-state index in [4.69, 9.17) is 5.11 Å². The largest absolute Gasteiger partial charge is 0.395 e. The molecule has 0 aliphatic carbocycles. The van der Waals surface area contributed by atoms with Crippen molar-refractivity contribution < 1.29 is 13.5 Å². The summed E-state index contributed by atoms with van der Waals surface area (Å²) in [5, 5.41) is 8.68. The van der Waals surface area contributed by atoms with Crippen molar-refractivity contribution in [2.75, 3.05) is 12.4 Å². The average molecular weight is 240 g/mol. The van der Waals surface area contributed by atoms with Crippen molar-refractivity contribution in [1.82, 2.24) is 9.97 Å². The van der Waals surface area contributed by atoms with E-state index in [1.54, 1.807) is 12.1 Å². The number of aromatic nitrogens is 2. The molecule has 0 spiro atoms. The summed E-state index contributed by atoms with van der Waals surface area (Å²) in [6.45, 7) is 1.43. The number of hydrogen-bond acceptors (Lipinski definition) is 4. The number of fused-ring (bicyclic) bond motifs is 1. The number of aliphatic hydroxyl groups is 1. The fourth-order valence-electron chi connectivity index (χ4n) is 1.55. The van der Waals surface area contributed by atoms with Crippen LogP contribution in [0.3, 0.4) is 0 Å². The minimum atomic E-state index is -3.39. The SMILES string of the molecule is Cc1nc2ccc(S(=O)(=O)CCO)cc2[nH]1. The molecule has 0 aliphatic rings. The number of hydrogen-bond donors (Lipinski definition) is 2. The van der Waals surface area contributed by atoms with Crippen LogP contribution in [0.1, 0.15) is 5.82 Å². The Morgan fingerprint density at radius 2 is 2.19 bits per heavy atom. The van der Waals surface area contributed by atoms with Crippen LogP contribution in [0.4, 0.5) is 0 Å². The second-order valence-corrected chi connectivity index (χ2v) is 5.65. The van der Waals surface area contributed by atoms with Gasteiger partial charge in [-0.25, -0.2) is 13.4 Å². The van der Waals surface area contributed by atoms with Gasteiger partial charge < -0.3 is 10.1 Å². The summed E-state index contributed by atoms with van der Waals surface area (Å²) < 4.78 is 23.4. The summed E-state index contributed by atoms with van der Waals surface area (Å²) in [7, 11) is -3.39. The molecule has 0 atom stereocenters. The Bertz CT molecular complexity index is 616. The van der Waals surface area contributed by atoms with Gasteiger partial charge >= 0.3 is 0 Å². The van der Waals surface area contributed by atoms with Gasteiger partial charge in [-0.3, -0.25) is 0 Å². The third kappa shape index (κ3) is 1.94. The first kappa shape index (κ1) is 11.1. The molecule has 1 aromatic carbocycles. The van der Waals surface area contributed by atoms with Gasteiger partial charge in [0.1, 0.15) is 5.82 Å². The van der Waals surface area contributed by atoms with Crippen LogP contribution >= 0.6 is 0 Å². The lowest BCUT2D eigenvalue weighted by molar-refractivity contribution is 0.319. The zero-order chi connectivity index (χ0) is 11.8. The number of rotatable bonds is 3. The maximum absolute atomic E-state index is 11.7. The summed E-state index contributed by atoms with van der Waals surface area (Å²) in [5.74, 6) is 0.484. The van der Waals surface area contributed by atoms with Crippen molar-refractivity contribution >= 4 is 20.9 Å². The van der Waals surface area contributed by atoms with E-state index >= 15 is 0 Å². The van der Waals surface area contributed by atoms with Gasteiger partial charge in [0.15, 0.2) is 9.84 Å². The lowest BCUT2D eigenvalue weighted by Gasteiger charge is -2.01. The topological polar surface area (TPSA) is 83.1 Å². The molecule has 0 fully saturated rings. The molecule has 0 bridgehead atoms. The quantitative estimate of drug-likeness (QED) is 0.824. The number of nitrogens with one attached hydrogen (secondary N) is 1. The van der Waals surface area contributed by atoms with Crippen molar-refractivity contribution in [2.45, 2.75) is 11.8 Å². The lowest BCUT2D eigenvalue weighted by atomic mass is 10.3. The first-order valence-electron chi connectivity index (χ1n) is 4.83. The van der Waals surface area contributed by atoms with Crippen molar-refractivity contribution in [3.63, 3.8) is 0 Å². The molecule has 0 unspecified atom stereocenters. The molecule has 0 amide bonds. The first-order chi connectivity index (χ1) is 7.53. The van der Waals surface area contributed by atoms with Crippen molar-refractivity contribution in [3.8, 4) is 0 Å². The van der Waals surface area contributed by atoms with Gasteiger partial charge in [0.25, 0.3) is 0 Å². The predicted octanol–water partition coefficient (Wildman–Crippen LogP) is 0.637. The van der Waals surface area contributed by atoms with E-state index in [9.17, 15) is 8.42 Å². The minimum absolute atomic E-state index is 0.206. The Morgan fingerprint density at radius 1 is 1.44 bits per heavy atom. The van der Waals surface area contributed by atoms with Crippen LogP contribution < -0.4 is 0 Å². The average Bonchev–Trinajstić information content (AvgIpc) is 2.56. The zero-order valence-corrected chi connectivity index (χ0v) is 9.58. The van der Waals surface area contributed by atoms with Gasteiger partial charge in [-0.05, 0) is 25.1 Å². The molecular weight excluding hydrogens is 228 g/mol. The third-order valence-electron chi connectivity index (χ3n) is 2.29. The predicted molar refractivity (Wildman–Crippen MR) is 60.0 cm³/mol. The van der Waals surface area contributed by atoms with Crippen LogP contribution in [0, 0.1) is 6.92 Å². The highest BCUT2D eigenvalue weighted by Gasteiger charge is 2.14. The summed E-state index contributed by atoms with van der Waals surface area (Å²) in [5.41, 5.74) is 1.43. The van der Waals surface area contributed by atoms with Gasteiger partial charge in [0, 0.05) is 0 Å². The number of benzene rings is 1. The standard InChI is InChI=1S/C10H12N2O3S/c1-7-11-9-3-2-8(6-10(9)12-7)16(14,15)5-4-13/h2-3,6,13H,4-5H2,1H3,(H,11,12). The van der Waals surface area contributed by atoms with Crippen LogP contribution in [0.5, 0.6) is 0 Å². The Balaban J connectivity index is 2.54. The van der Waals surface area contributed by atoms with Crippen LogP contribution in [0.2, 0.25) is 0 Å². The molecule has 1 aromatic heterocycles. The number of imidazole rings is 1. The maximum Gasteiger partial charge on any atom is 0.180 e. The fraction of sp³-hybridized carbons (Fsp3) is 0.300. The third-order valence-corrected chi connectivity index (χ3v) is 3.98. The number of nitrogens with zero attached hydrogens (tertiary/aromatic N) is 1. The molecule has 1 heterocycles. The normalized spacial score (nSPS) is 12.1. The smallest absolute Gasteiger partial charge is 0.180 e. The molecule has 0 saturated heterocycles. The molecule has 5 nitrogen and oxygen atoms in total. The first-order valence-corrected chi connectivity index (χ1v) is 6.48. The van der Waals surface area contributed by atoms with E-state index < -0.39 is 9.84 Å². The molecule has 0 aliphatic heterocycles. The van der Waals surface area contributed by atoms with E-state index in [-0.39, 0.29) is 17.3 Å². The van der Waals surface area contributed by atoms with Crippen LogP contribution in [0.15, 0.2) is 23.1 Å². The van der Waals surface area contributed by atoms with Gasteiger partial charge in [-0.15, -0.1) is 0 Å². The second kappa shape index (κ2) is 3.88. The number of sulfone groups is 1. The Morgan fingerprint density at radius 3 is 2.88 bits per heavy atom. The summed E-state index contributed by atoms with van der Waals surface area (Å²) in [4.78, 5) is 7.36. The summed E-state index contributed by atoms with van der Waals surface area (Å²) in [6, 6.07) is 4.71. The van der Waals surface area contributed by atoms with Gasteiger partial charge in [-0.1, -0.05) is 0 Å². The highest BCUT2D eigenvalue weighted by molar-refractivity contribution is 7.91. The molecule has 0 radical (unpaired) electrons. The van der Waals surface area contributed by atoms with E-state index in [2.05, 4.69) is 9.97 Å². The molecule has 0 saturated carbocycles. The minimum Gasteiger partial charge on any atom is -0.395 e. The molecule has 16 heavy (non-hydrogen) atoms. The molecule has 2 aromatic rings. The van der Waals surface area contributed by atoms with E-state index in [0.29, 0.717) is 5.52 Å². The lowest BCUT2D eigenvalue weighted by Crippen LogP contribution is -2.09. The van der Waals surface area contributed by atoms with Crippen molar-refractivity contribution in [3.05, 3.63) is 24.0 Å². The van der Waals surface area contributed by atoms with E-state index in [0.717, 1.165) is 11.3 Å². The summed E-state index contributed by atoms with van der Waals surface area (Å²) >= 11 is 0. The van der Waals surface area contributed by atoms with E-state index in [1.807, 2.05) is 6.92 Å². The highest BCUT2D eigenvalue weighted by atomic mass is 32.2. The number of H-pyrrole nitrogens is 1. The molecule has 86 valence electrons. The molecule has 2 N–H and O–H groups in total. The number of aryl methyl sites for hydroxylation is 1. The molecular formula is C10H12N2O3S. The Hall–Kier alpha value is -1.40. The fourth-order valence-corrected chi connectivity index (χ4v) is 2.60. The van der Waals surface area contributed by atoms with Gasteiger partial charge in [-0.2, -0.15) is 0 Å². The van der Waals surface area contributed by atoms with Crippen LogP contribution in [0.25, 0.3) is 11.0 Å². The van der Waals surface area contributed by atoms with Crippen LogP contribution in [-0.2, 0) is 9.84 Å². The van der Waals surface area contributed by atoms with Gasteiger partial charge in [0.05, 0.1) is 28.3 Å². The number of aromatic amines is 1. The molecule has 6 heteroatoms. The second-order valence-electron chi connectivity index (χ2n) is 3.54. The van der Waals surface area contributed by atoms with Crippen molar-refractivity contribution in [2.24, 2.45) is 0 Å².